The van der Waals surface area contributed by atoms with Crippen LogP contribution in [0.5, 0.6) is 0 Å². The Labute approximate surface area is 89.3 Å². The second-order valence-corrected chi connectivity index (χ2v) is 4.18. The van der Waals surface area contributed by atoms with E-state index in [2.05, 4.69) is 5.32 Å². The average Bonchev–Trinajstić information content (AvgIpc) is 2.08. The summed E-state index contributed by atoms with van der Waals surface area (Å²) < 4.78 is 13.8. The molecule has 0 saturated heterocycles. The zero-order valence-corrected chi connectivity index (χ0v) is 9.24. The van der Waals surface area contributed by atoms with E-state index in [9.17, 15) is 4.39 Å². The molecule has 78 valence electrons. The Morgan fingerprint density at radius 1 is 1.36 bits per heavy atom. The molecular weight excluding hydrogens is 201 g/mol. The third-order valence-corrected chi connectivity index (χ3v) is 2.28. The zero-order chi connectivity index (χ0) is 10.6. The van der Waals surface area contributed by atoms with Crippen molar-refractivity contribution in [1.82, 2.24) is 5.32 Å². The SMILES string of the molecule is CNCC(C)(F)Cc1ccc(Cl)cc1. The molecule has 0 spiro atoms. The first-order valence-corrected chi connectivity index (χ1v) is 4.99. The van der Waals surface area contributed by atoms with Crippen molar-refractivity contribution >= 4 is 11.6 Å². The van der Waals surface area contributed by atoms with E-state index in [0.717, 1.165) is 5.56 Å². The fraction of sp³-hybridized carbons (Fsp3) is 0.455. The van der Waals surface area contributed by atoms with E-state index in [-0.39, 0.29) is 0 Å². The highest BCUT2D eigenvalue weighted by molar-refractivity contribution is 6.30. The minimum atomic E-state index is -1.21. The Morgan fingerprint density at radius 2 is 1.93 bits per heavy atom. The first-order chi connectivity index (χ1) is 6.53. The van der Waals surface area contributed by atoms with Gasteiger partial charge in [0.2, 0.25) is 0 Å². The summed E-state index contributed by atoms with van der Waals surface area (Å²) in [6, 6.07) is 7.28. The number of hydrogen-bond acceptors (Lipinski definition) is 1. The fourth-order valence-electron chi connectivity index (χ4n) is 1.46. The van der Waals surface area contributed by atoms with Crippen LogP contribution in [0.2, 0.25) is 5.02 Å². The molecule has 0 saturated carbocycles. The van der Waals surface area contributed by atoms with Crippen molar-refractivity contribution in [3.8, 4) is 0 Å². The summed E-state index contributed by atoms with van der Waals surface area (Å²) >= 11 is 5.74. The maximum Gasteiger partial charge on any atom is 0.124 e. The smallest absolute Gasteiger partial charge is 0.124 e. The number of nitrogens with one attached hydrogen (secondary N) is 1. The molecule has 0 aliphatic rings. The van der Waals surface area contributed by atoms with Crippen molar-refractivity contribution in [2.75, 3.05) is 13.6 Å². The van der Waals surface area contributed by atoms with Gasteiger partial charge >= 0.3 is 0 Å². The number of benzene rings is 1. The molecule has 1 aromatic carbocycles. The van der Waals surface area contributed by atoms with E-state index in [1.54, 1.807) is 26.1 Å². The van der Waals surface area contributed by atoms with Gasteiger partial charge in [0, 0.05) is 18.0 Å². The monoisotopic (exact) mass is 215 g/mol. The minimum absolute atomic E-state index is 0.357. The molecule has 0 radical (unpaired) electrons. The highest BCUT2D eigenvalue weighted by atomic mass is 35.5. The minimum Gasteiger partial charge on any atom is -0.317 e. The van der Waals surface area contributed by atoms with E-state index >= 15 is 0 Å². The van der Waals surface area contributed by atoms with E-state index in [4.69, 9.17) is 11.6 Å². The summed E-state index contributed by atoms with van der Waals surface area (Å²) in [5.41, 5.74) is -0.239. The van der Waals surface area contributed by atoms with Crippen LogP contribution in [-0.4, -0.2) is 19.3 Å². The van der Waals surface area contributed by atoms with Crippen molar-refractivity contribution in [3.63, 3.8) is 0 Å². The van der Waals surface area contributed by atoms with Crippen LogP contribution in [0, 0.1) is 0 Å². The molecule has 14 heavy (non-hydrogen) atoms. The summed E-state index contributed by atoms with van der Waals surface area (Å²) in [4.78, 5) is 0. The second-order valence-electron chi connectivity index (χ2n) is 3.75. The van der Waals surface area contributed by atoms with Crippen molar-refractivity contribution in [1.29, 1.82) is 0 Å². The molecule has 0 fully saturated rings. The number of alkyl halides is 1. The van der Waals surface area contributed by atoms with E-state index in [0.29, 0.717) is 18.0 Å². The van der Waals surface area contributed by atoms with Crippen LogP contribution in [0.15, 0.2) is 24.3 Å². The number of rotatable bonds is 4. The highest BCUT2D eigenvalue weighted by Gasteiger charge is 2.22. The summed E-state index contributed by atoms with van der Waals surface area (Å²) in [5, 5.41) is 3.52. The van der Waals surface area contributed by atoms with Crippen molar-refractivity contribution in [2.24, 2.45) is 0 Å². The molecular formula is C11H15ClFN. The van der Waals surface area contributed by atoms with Gasteiger partial charge in [0.1, 0.15) is 5.67 Å². The Hall–Kier alpha value is -0.600. The van der Waals surface area contributed by atoms with Crippen LogP contribution in [0.4, 0.5) is 4.39 Å². The lowest BCUT2D eigenvalue weighted by atomic mass is 9.98. The molecule has 0 bridgehead atoms. The van der Waals surface area contributed by atoms with Gasteiger partial charge in [-0.2, -0.15) is 0 Å². The maximum absolute atomic E-state index is 13.8. The Bertz CT molecular complexity index is 282. The molecule has 3 heteroatoms. The first kappa shape index (κ1) is 11.5. The lowest BCUT2D eigenvalue weighted by Gasteiger charge is -2.19. The molecule has 1 rings (SSSR count). The van der Waals surface area contributed by atoms with Gasteiger partial charge in [0.15, 0.2) is 0 Å². The topological polar surface area (TPSA) is 12.0 Å². The molecule has 1 N–H and O–H groups in total. The summed E-state index contributed by atoms with van der Waals surface area (Å²) in [5.74, 6) is 0. The van der Waals surface area contributed by atoms with Gasteiger partial charge in [0.25, 0.3) is 0 Å². The lowest BCUT2D eigenvalue weighted by Crippen LogP contribution is -2.33. The maximum atomic E-state index is 13.8. The van der Waals surface area contributed by atoms with Crippen LogP contribution in [0.25, 0.3) is 0 Å². The van der Waals surface area contributed by atoms with Crippen molar-refractivity contribution in [3.05, 3.63) is 34.9 Å². The molecule has 1 unspecified atom stereocenters. The number of hydrogen-bond donors (Lipinski definition) is 1. The molecule has 0 aromatic heterocycles. The molecule has 0 aliphatic heterocycles. The van der Waals surface area contributed by atoms with Crippen LogP contribution >= 0.6 is 11.6 Å². The summed E-state index contributed by atoms with van der Waals surface area (Å²) in [6.07, 6.45) is 0.408. The average molecular weight is 216 g/mol. The number of halogens is 2. The Kier molecular flexibility index (Phi) is 3.90. The van der Waals surface area contributed by atoms with Crippen LogP contribution in [-0.2, 0) is 6.42 Å². The van der Waals surface area contributed by atoms with Gasteiger partial charge in [-0.1, -0.05) is 23.7 Å². The second kappa shape index (κ2) is 4.76. The van der Waals surface area contributed by atoms with Crippen LogP contribution < -0.4 is 5.32 Å². The van der Waals surface area contributed by atoms with Gasteiger partial charge in [-0.25, -0.2) is 4.39 Å². The molecule has 1 atom stereocenters. The first-order valence-electron chi connectivity index (χ1n) is 4.61. The quantitative estimate of drug-likeness (QED) is 0.815. The van der Waals surface area contributed by atoms with E-state index in [1.807, 2.05) is 12.1 Å². The summed E-state index contributed by atoms with van der Waals surface area (Å²) in [6.45, 7) is 1.95. The van der Waals surface area contributed by atoms with Gasteiger partial charge in [-0.15, -0.1) is 0 Å². The van der Waals surface area contributed by atoms with Crippen molar-refractivity contribution in [2.45, 2.75) is 19.0 Å². The molecule has 0 amide bonds. The predicted molar refractivity (Wildman–Crippen MR) is 58.6 cm³/mol. The van der Waals surface area contributed by atoms with Gasteiger partial charge in [0.05, 0.1) is 0 Å². The third kappa shape index (κ3) is 3.64. The Balaban J connectivity index is 2.64. The third-order valence-electron chi connectivity index (χ3n) is 2.03. The molecule has 0 aliphatic carbocycles. The standard InChI is InChI=1S/C11H15ClFN/c1-11(13,8-14-2)7-9-3-5-10(12)6-4-9/h3-6,14H,7-8H2,1-2H3. The Morgan fingerprint density at radius 3 is 2.43 bits per heavy atom. The highest BCUT2D eigenvalue weighted by Crippen LogP contribution is 2.18. The predicted octanol–water partition coefficient (Wildman–Crippen LogP) is 2.83. The van der Waals surface area contributed by atoms with E-state index in [1.165, 1.54) is 0 Å². The fourth-order valence-corrected chi connectivity index (χ4v) is 1.58. The van der Waals surface area contributed by atoms with Gasteiger partial charge in [-0.05, 0) is 31.7 Å². The van der Waals surface area contributed by atoms with E-state index < -0.39 is 5.67 Å². The van der Waals surface area contributed by atoms with Crippen molar-refractivity contribution < 1.29 is 4.39 Å². The normalized spacial score (nSPS) is 15.1. The van der Waals surface area contributed by atoms with Gasteiger partial charge < -0.3 is 5.32 Å². The summed E-state index contributed by atoms with van der Waals surface area (Å²) in [7, 11) is 1.75. The molecule has 1 aromatic rings. The van der Waals surface area contributed by atoms with Gasteiger partial charge in [-0.3, -0.25) is 0 Å². The molecule has 1 nitrogen and oxygen atoms in total. The van der Waals surface area contributed by atoms with Crippen LogP contribution in [0.3, 0.4) is 0 Å². The van der Waals surface area contributed by atoms with Crippen LogP contribution in [0.1, 0.15) is 12.5 Å². The zero-order valence-electron chi connectivity index (χ0n) is 8.48. The lowest BCUT2D eigenvalue weighted by molar-refractivity contribution is 0.188. The molecule has 0 heterocycles. The largest absolute Gasteiger partial charge is 0.317 e.